The van der Waals surface area contributed by atoms with Gasteiger partial charge in [-0.15, -0.1) is 10.2 Å². The monoisotopic (exact) mass is 410 g/mol. The lowest BCUT2D eigenvalue weighted by Gasteiger charge is -2.29. The molecule has 4 rings (SSSR count). The fourth-order valence-corrected chi connectivity index (χ4v) is 4.12. The first-order chi connectivity index (χ1) is 14.4. The van der Waals surface area contributed by atoms with E-state index in [4.69, 9.17) is 0 Å². The van der Waals surface area contributed by atoms with Gasteiger partial charge in [0.15, 0.2) is 0 Å². The first-order valence-corrected chi connectivity index (χ1v) is 10.9. The molecule has 0 aliphatic heterocycles. The van der Waals surface area contributed by atoms with Gasteiger partial charge in [0.2, 0.25) is 17.6 Å². The minimum Gasteiger partial charge on any atom is -0.352 e. The van der Waals surface area contributed by atoms with Crippen LogP contribution in [0.2, 0.25) is 0 Å². The van der Waals surface area contributed by atoms with E-state index >= 15 is 0 Å². The molecule has 8 nitrogen and oxygen atoms in total. The predicted octanol–water partition coefficient (Wildman–Crippen LogP) is 2.40. The Kier molecular flexibility index (Phi) is 5.83. The van der Waals surface area contributed by atoms with Crippen LogP contribution in [0.25, 0.3) is 11.4 Å². The second-order valence-electron chi connectivity index (χ2n) is 8.64. The third-order valence-corrected chi connectivity index (χ3v) is 6.22. The van der Waals surface area contributed by atoms with Crippen molar-refractivity contribution in [2.24, 2.45) is 0 Å². The minimum absolute atomic E-state index is 0.0185. The molecule has 0 saturated heterocycles. The van der Waals surface area contributed by atoms with E-state index < -0.39 is 6.04 Å². The van der Waals surface area contributed by atoms with Gasteiger partial charge in [0.05, 0.1) is 0 Å². The second kappa shape index (κ2) is 8.53. The number of aryl methyl sites for hydroxylation is 2. The van der Waals surface area contributed by atoms with Crippen LogP contribution in [0.5, 0.6) is 0 Å². The van der Waals surface area contributed by atoms with Crippen molar-refractivity contribution in [2.45, 2.75) is 84.0 Å². The Labute approximate surface area is 177 Å². The van der Waals surface area contributed by atoms with Crippen LogP contribution in [0.3, 0.4) is 0 Å². The highest BCUT2D eigenvalue weighted by Crippen LogP contribution is 2.29. The van der Waals surface area contributed by atoms with Crippen molar-refractivity contribution in [3.63, 3.8) is 0 Å². The summed E-state index contributed by atoms with van der Waals surface area (Å²) in [6.07, 6.45) is 6.24. The quantitative estimate of drug-likeness (QED) is 0.757. The lowest BCUT2D eigenvalue weighted by Crippen LogP contribution is -2.51. The van der Waals surface area contributed by atoms with Gasteiger partial charge in [-0.1, -0.05) is 25.0 Å². The van der Waals surface area contributed by atoms with Crippen LogP contribution in [0.15, 0.2) is 18.2 Å². The lowest BCUT2D eigenvalue weighted by atomic mass is 10.1. The number of amides is 2. The standard InChI is InChI=1S/C22H30N6O2/c1-14-8-9-17(12-15(14)2)21-24-26-27(25-21)13-20(29)28(19-10-11-19)16(3)22(30)23-18-6-4-5-7-18/h8-9,12,16,18-19H,4-7,10-11,13H2,1-3H3,(H,23,30). The molecule has 2 aliphatic rings. The van der Waals surface area contributed by atoms with Crippen LogP contribution < -0.4 is 5.32 Å². The number of aromatic nitrogens is 4. The van der Waals surface area contributed by atoms with Crippen LogP contribution in [0.4, 0.5) is 0 Å². The first kappa shape index (κ1) is 20.5. The number of rotatable bonds is 7. The maximum absolute atomic E-state index is 13.0. The number of benzene rings is 1. The summed E-state index contributed by atoms with van der Waals surface area (Å²) < 4.78 is 0. The highest BCUT2D eigenvalue weighted by atomic mass is 16.2. The Balaban J connectivity index is 1.42. The summed E-state index contributed by atoms with van der Waals surface area (Å²) in [5, 5.41) is 15.7. The van der Waals surface area contributed by atoms with Crippen LogP contribution in [-0.2, 0) is 16.1 Å². The van der Waals surface area contributed by atoms with Gasteiger partial charge in [-0.2, -0.15) is 4.80 Å². The smallest absolute Gasteiger partial charge is 0.247 e. The maximum Gasteiger partial charge on any atom is 0.247 e. The van der Waals surface area contributed by atoms with Crippen molar-refractivity contribution >= 4 is 11.8 Å². The van der Waals surface area contributed by atoms with E-state index in [2.05, 4.69) is 27.7 Å². The molecule has 2 saturated carbocycles. The first-order valence-electron chi connectivity index (χ1n) is 10.9. The number of nitrogens with zero attached hydrogens (tertiary/aromatic N) is 5. The summed E-state index contributed by atoms with van der Waals surface area (Å²) in [4.78, 5) is 28.8. The van der Waals surface area contributed by atoms with Gasteiger partial charge in [-0.05, 0) is 68.9 Å². The Morgan fingerprint density at radius 2 is 1.90 bits per heavy atom. The zero-order valence-corrected chi connectivity index (χ0v) is 18.0. The van der Waals surface area contributed by atoms with Gasteiger partial charge in [0.1, 0.15) is 12.6 Å². The van der Waals surface area contributed by atoms with E-state index in [0.29, 0.717) is 5.82 Å². The number of nitrogens with one attached hydrogen (secondary N) is 1. The minimum atomic E-state index is -0.492. The summed E-state index contributed by atoms with van der Waals surface area (Å²) in [5.41, 5.74) is 3.23. The molecule has 2 aromatic rings. The van der Waals surface area contributed by atoms with E-state index in [-0.39, 0.29) is 30.4 Å². The lowest BCUT2D eigenvalue weighted by molar-refractivity contribution is -0.141. The van der Waals surface area contributed by atoms with Crippen molar-refractivity contribution in [2.75, 3.05) is 0 Å². The Morgan fingerprint density at radius 1 is 1.17 bits per heavy atom. The van der Waals surface area contributed by atoms with Gasteiger partial charge in [0.25, 0.3) is 0 Å². The van der Waals surface area contributed by atoms with E-state index in [9.17, 15) is 9.59 Å². The van der Waals surface area contributed by atoms with E-state index in [1.165, 1.54) is 10.4 Å². The van der Waals surface area contributed by atoms with E-state index in [1.807, 2.05) is 32.0 Å². The average Bonchev–Trinajstić information content (AvgIpc) is 3.20. The van der Waals surface area contributed by atoms with Gasteiger partial charge < -0.3 is 10.2 Å². The van der Waals surface area contributed by atoms with Crippen LogP contribution in [0, 0.1) is 13.8 Å². The van der Waals surface area contributed by atoms with Crippen molar-refractivity contribution in [1.82, 2.24) is 30.4 Å². The van der Waals surface area contributed by atoms with Gasteiger partial charge in [0, 0.05) is 17.6 Å². The average molecular weight is 411 g/mol. The predicted molar refractivity (Wildman–Crippen MR) is 112 cm³/mol. The molecule has 2 aliphatic carbocycles. The normalized spacial score (nSPS) is 17.7. The summed E-state index contributed by atoms with van der Waals surface area (Å²) in [7, 11) is 0. The third-order valence-electron chi connectivity index (χ3n) is 6.22. The molecule has 1 N–H and O–H groups in total. The van der Waals surface area contributed by atoms with Crippen molar-refractivity contribution < 1.29 is 9.59 Å². The highest BCUT2D eigenvalue weighted by molar-refractivity contribution is 5.87. The Bertz CT molecular complexity index is 929. The SMILES string of the molecule is Cc1ccc(-c2nnn(CC(=O)N(C3CC3)C(C)C(=O)NC3CCCC3)n2)cc1C. The molecule has 1 atom stereocenters. The molecule has 2 fully saturated rings. The molecule has 0 spiro atoms. The zero-order chi connectivity index (χ0) is 21.3. The number of carbonyl (C=O) groups excluding carboxylic acids is 2. The number of carbonyl (C=O) groups is 2. The molecular weight excluding hydrogens is 380 g/mol. The molecule has 1 unspecified atom stereocenters. The zero-order valence-electron chi connectivity index (χ0n) is 18.0. The van der Waals surface area contributed by atoms with Gasteiger partial charge in [-0.3, -0.25) is 9.59 Å². The molecule has 0 bridgehead atoms. The molecule has 1 aromatic heterocycles. The molecule has 30 heavy (non-hydrogen) atoms. The largest absolute Gasteiger partial charge is 0.352 e. The molecule has 160 valence electrons. The van der Waals surface area contributed by atoms with Gasteiger partial charge >= 0.3 is 0 Å². The van der Waals surface area contributed by atoms with Crippen molar-refractivity contribution in [3.8, 4) is 11.4 Å². The van der Waals surface area contributed by atoms with Crippen LogP contribution >= 0.6 is 0 Å². The number of tetrazole rings is 1. The van der Waals surface area contributed by atoms with Crippen LogP contribution in [-0.4, -0.2) is 55.0 Å². The fourth-order valence-electron chi connectivity index (χ4n) is 4.12. The highest BCUT2D eigenvalue weighted by Gasteiger charge is 2.39. The topological polar surface area (TPSA) is 93.0 Å². The summed E-state index contributed by atoms with van der Waals surface area (Å²) in [6, 6.07) is 5.88. The maximum atomic E-state index is 13.0. The molecule has 8 heteroatoms. The van der Waals surface area contributed by atoms with Crippen molar-refractivity contribution in [1.29, 1.82) is 0 Å². The van der Waals surface area contributed by atoms with Crippen LogP contribution in [0.1, 0.15) is 56.6 Å². The Hall–Kier alpha value is -2.77. The molecule has 2 amide bonds. The number of hydrogen-bond acceptors (Lipinski definition) is 5. The molecule has 0 radical (unpaired) electrons. The van der Waals surface area contributed by atoms with E-state index in [1.54, 1.807) is 4.90 Å². The fraction of sp³-hybridized carbons (Fsp3) is 0.591. The van der Waals surface area contributed by atoms with Gasteiger partial charge in [-0.25, -0.2) is 0 Å². The second-order valence-corrected chi connectivity index (χ2v) is 8.64. The summed E-state index contributed by atoms with van der Waals surface area (Å²) in [5.74, 6) is 0.288. The molecule has 1 aromatic carbocycles. The van der Waals surface area contributed by atoms with Crippen molar-refractivity contribution in [3.05, 3.63) is 29.3 Å². The van der Waals surface area contributed by atoms with E-state index in [0.717, 1.165) is 49.7 Å². The third kappa shape index (κ3) is 4.52. The molecular formula is C22H30N6O2. The summed E-state index contributed by atoms with van der Waals surface area (Å²) in [6.45, 7) is 5.89. The summed E-state index contributed by atoms with van der Waals surface area (Å²) >= 11 is 0. The molecule has 1 heterocycles. The Morgan fingerprint density at radius 3 is 2.57 bits per heavy atom. The number of hydrogen-bond donors (Lipinski definition) is 1.